The molecule has 1 heterocycles. The van der Waals surface area contributed by atoms with Crippen LogP contribution in [0.3, 0.4) is 0 Å². The van der Waals surface area contributed by atoms with E-state index in [2.05, 4.69) is 26.1 Å². The smallest absolute Gasteiger partial charge is 0.338 e. The zero-order valence-corrected chi connectivity index (χ0v) is 23.8. The van der Waals surface area contributed by atoms with Crippen molar-refractivity contribution in [2.45, 2.75) is 58.9 Å². The van der Waals surface area contributed by atoms with Crippen LogP contribution in [0.4, 0.5) is 10.1 Å². The molecule has 0 aliphatic carbocycles. The number of aryl methyl sites for hydroxylation is 1. The zero-order valence-electron chi connectivity index (χ0n) is 23.8. The van der Waals surface area contributed by atoms with Gasteiger partial charge >= 0.3 is 5.97 Å². The van der Waals surface area contributed by atoms with E-state index in [1.165, 1.54) is 6.07 Å². The predicted octanol–water partition coefficient (Wildman–Crippen LogP) is 6.84. The fraction of sp³-hybridized carbons (Fsp3) is 0.364. The van der Waals surface area contributed by atoms with Crippen LogP contribution in [0, 0.1) is 18.7 Å². The van der Waals surface area contributed by atoms with Crippen molar-refractivity contribution in [3.05, 3.63) is 100 Å². The van der Waals surface area contributed by atoms with Crippen LogP contribution in [0.5, 0.6) is 0 Å². The van der Waals surface area contributed by atoms with Gasteiger partial charge in [0.05, 0.1) is 29.7 Å². The normalized spacial score (nSPS) is 17.3. The third-order valence-corrected chi connectivity index (χ3v) is 7.42. The van der Waals surface area contributed by atoms with Crippen LogP contribution in [0.2, 0.25) is 0 Å². The summed E-state index contributed by atoms with van der Waals surface area (Å²) >= 11 is 0. The molecule has 40 heavy (non-hydrogen) atoms. The number of carbonyl (C=O) groups is 3. The number of hydrogen-bond acceptors (Lipinski definition) is 4. The minimum Gasteiger partial charge on any atom is -0.462 e. The topological polar surface area (TPSA) is 75.7 Å². The number of nitrogens with zero attached hydrogens (tertiary/aromatic N) is 1. The largest absolute Gasteiger partial charge is 0.462 e. The van der Waals surface area contributed by atoms with Crippen molar-refractivity contribution in [2.75, 3.05) is 18.5 Å². The van der Waals surface area contributed by atoms with Gasteiger partial charge in [0.2, 0.25) is 5.91 Å². The summed E-state index contributed by atoms with van der Waals surface area (Å²) in [5.41, 5.74) is 3.30. The molecule has 1 aliphatic rings. The van der Waals surface area contributed by atoms with Crippen LogP contribution in [-0.2, 0) is 14.9 Å². The first kappa shape index (κ1) is 29.0. The van der Waals surface area contributed by atoms with Crippen molar-refractivity contribution in [1.29, 1.82) is 0 Å². The lowest BCUT2D eigenvalue weighted by Gasteiger charge is -2.41. The number of halogens is 1. The number of piperidine rings is 1. The number of likely N-dealkylation sites (tertiary alicyclic amines) is 1. The van der Waals surface area contributed by atoms with Gasteiger partial charge in [-0.2, -0.15) is 0 Å². The summed E-state index contributed by atoms with van der Waals surface area (Å²) in [6.45, 7) is 10.4. The molecule has 1 fully saturated rings. The maximum Gasteiger partial charge on any atom is 0.338 e. The molecule has 2 atom stereocenters. The second-order valence-electron chi connectivity index (χ2n) is 11.3. The number of carbonyl (C=O) groups excluding carboxylic acids is 3. The van der Waals surface area contributed by atoms with Crippen molar-refractivity contribution in [1.82, 2.24) is 4.90 Å². The maximum absolute atomic E-state index is 14.9. The first-order valence-electron chi connectivity index (χ1n) is 13.8. The molecule has 1 saturated heterocycles. The Kier molecular flexibility index (Phi) is 8.72. The summed E-state index contributed by atoms with van der Waals surface area (Å²) in [6, 6.07) is 18.4. The van der Waals surface area contributed by atoms with Gasteiger partial charge in [0.15, 0.2) is 0 Å². The molecule has 1 N–H and O–H groups in total. The molecule has 2 amide bonds. The van der Waals surface area contributed by atoms with Crippen LogP contribution in [0.25, 0.3) is 0 Å². The molecule has 7 heteroatoms. The number of nitrogens with one attached hydrogen (secondary N) is 1. The Hall–Kier alpha value is -4.00. The van der Waals surface area contributed by atoms with Gasteiger partial charge < -0.3 is 15.0 Å². The van der Waals surface area contributed by atoms with E-state index in [1.54, 1.807) is 55.1 Å². The van der Waals surface area contributed by atoms with E-state index in [4.69, 9.17) is 4.74 Å². The number of esters is 1. The summed E-state index contributed by atoms with van der Waals surface area (Å²) < 4.78 is 20.0. The quantitative estimate of drug-likeness (QED) is 0.345. The molecular weight excluding hydrogens is 507 g/mol. The number of rotatable bonds is 6. The van der Waals surface area contributed by atoms with E-state index in [-0.39, 0.29) is 23.5 Å². The van der Waals surface area contributed by atoms with Crippen molar-refractivity contribution < 1.29 is 23.5 Å². The highest BCUT2D eigenvalue weighted by Crippen LogP contribution is 2.39. The maximum atomic E-state index is 14.9. The Balaban J connectivity index is 1.72. The summed E-state index contributed by atoms with van der Waals surface area (Å²) in [5, 5.41) is 3.07. The Morgan fingerprint density at radius 2 is 1.73 bits per heavy atom. The third-order valence-electron chi connectivity index (χ3n) is 7.42. The lowest BCUT2D eigenvalue weighted by molar-refractivity contribution is -0.123. The standard InChI is InChI=1S/C33H37FN2O4/c1-6-40-32(39)23-17-15-22(16-18-23)29-26(30(37)35-25-12-8-11-24(20-25)33(3,4)5)13-9-19-36(29)31(38)28-21(2)10-7-14-27(28)34/h7-8,10-12,14-18,20,26,29H,6,9,13,19H2,1-5H3,(H,35,37)/t26-,29-/m0/s1. The van der Waals surface area contributed by atoms with Gasteiger partial charge in [-0.1, -0.05) is 57.2 Å². The van der Waals surface area contributed by atoms with Crippen LogP contribution in [-0.4, -0.2) is 35.8 Å². The molecule has 4 rings (SSSR count). The molecule has 0 saturated carbocycles. The van der Waals surface area contributed by atoms with Crippen LogP contribution in [0.15, 0.2) is 66.7 Å². The average Bonchev–Trinajstić information content (AvgIpc) is 2.92. The average molecular weight is 545 g/mol. The Labute approximate surface area is 235 Å². The Morgan fingerprint density at radius 3 is 2.38 bits per heavy atom. The number of hydrogen-bond donors (Lipinski definition) is 1. The van der Waals surface area contributed by atoms with Gasteiger partial charge in [-0.05, 0) is 79.1 Å². The van der Waals surface area contributed by atoms with E-state index >= 15 is 0 Å². The molecule has 3 aromatic rings. The van der Waals surface area contributed by atoms with E-state index in [0.29, 0.717) is 41.8 Å². The monoisotopic (exact) mass is 544 g/mol. The van der Waals surface area contributed by atoms with Gasteiger partial charge in [0, 0.05) is 12.2 Å². The highest BCUT2D eigenvalue weighted by Gasteiger charge is 2.40. The fourth-order valence-corrected chi connectivity index (χ4v) is 5.29. The van der Waals surface area contributed by atoms with Crippen molar-refractivity contribution in [2.24, 2.45) is 5.92 Å². The van der Waals surface area contributed by atoms with E-state index in [1.807, 2.05) is 24.3 Å². The van der Waals surface area contributed by atoms with E-state index in [0.717, 1.165) is 5.56 Å². The Bertz CT molecular complexity index is 1370. The molecular formula is C33H37FN2O4. The molecule has 1 aliphatic heterocycles. The lowest BCUT2D eigenvalue weighted by Crippen LogP contribution is -2.46. The van der Waals surface area contributed by atoms with Crippen molar-refractivity contribution >= 4 is 23.5 Å². The molecule has 0 spiro atoms. The van der Waals surface area contributed by atoms with Crippen molar-refractivity contribution in [3.63, 3.8) is 0 Å². The fourth-order valence-electron chi connectivity index (χ4n) is 5.29. The summed E-state index contributed by atoms with van der Waals surface area (Å²) in [6.07, 6.45) is 1.14. The molecule has 3 aromatic carbocycles. The first-order chi connectivity index (χ1) is 19.0. The third kappa shape index (κ3) is 6.24. The highest BCUT2D eigenvalue weighted by molar-refractivity contribution is 5.98. The minimum atomic E-state index is -0.651. The SMILES string of the molecule is CCOC(=O)c1ccc([C@H]2[C@@H](C(=O)Nc3cccc(C(C)(C)C)c3)CCCN2C(=O)c2c(C)cccc2F)cc1. The lowest BCUT2D eigenvalue weighted by atomic mass is 9.83. The van der Waals surface area contributed by atoms with E-state index in [9.17, 15) is 18.8 Å². The molecule has 6 nitrogen and oxygen atoms in total. The molecule has 0 bridgehead atoms. The van der Waals surface area contributed by atoms with Crippen LogP contribution >= 0.6 is 0 Å². The van der Waals surface area contributed by atoms with Gasteiger partial charge in [-0.3, -0.25) is 9.59 Å². The minimum absolute atomic E-state index is 0.00887. The van der Waals surface area contributed by atoms with Gasteiger partial charge in [0.25, 0.3) is 5.91 Å². The van der Waals surface area contributed by atoms with Crippen LogP contribution < -0.4 is 5.32 Å². The summed E-state index contributed by atoms with van der Waals surface area (Å²) in [7, 11) is 0. The molecule has 0 unspecified atom stereocenters. The second-order valence-corrected chi connectivity index (χ2v) is 11.3. The highest BCUT2D eigenvalue weighted by atomic mass is 19.1. The number of anilines is 1. The predicted molar refractivity (Wildman–Crippen MR) is 154 cm³/mol. The number of ether oxygens (including phenoxy) is 1. The van der Waals surface area contributed by atoms with Gasteiger partial charge in [-0.15, -0.1) is 0 Å². The van der Waals surface area contributed by atoms with Crippen molar-refractivity contribution in [3.8, 4) is 0 Å². The van der Waals surface area contributed by atoms with Gasteiger partial charge in [-0.25, -0.2) is 9.18 Å². The van der Waals surface area contributed by atoms with E-state index < -0.39 is 29.7 Å². The summed E-state index contributed by atoms with van der Waals surface area (Å²) in [5.74, 6) is -2.29. The molecule has 0 aromatic heterocycles. The molecule has 210 valence electrons. The first-order valence-corrected chi connectivity index (χ1v) is 13.8. The van der Waals surface area contributed by atoms with Crippen LogP contribution in [0.1, 0.15) is 84.0 Å². The number of benzene rings is 3. The second kappa shape index (κ2) is 12.0. The Morgan fingerprint density at radius 1 is 1.02 bits per heavy atom. The number of amides is 2. The van der Waals surface area contributed by atoms with Gasteiger partial charge in [0.1, 0.15) is 5.82 Å². The zero-order chi connectivity index (χ0) is 29.0. The summed E-state index contributed by atoms with van der Waals surface area (Å²) in [4.78, 5) is 41.5. The molecule has 0 radical (unpaired) electrons.